The second kappa shape index (κ2) is 6.97. The van der Waals surface area contributed by atoms with E-state index in [0.29, 0.717) is 0 Å². The van der Waals surface area contributed by atoms with E-state index in [0.717, 1.165) is 35.4 Å². The van der Waals surface area contributed by atoms with E-state index < -0.39 is 0 Å². The molecule has 0 aliphatic heterocycles. The van der Waals surface area contributed by atoms with Crippen LogP contribution >= 0.6 is 11.6 Å². The lowest BCUT2D eigenvalue weighted by Crippen LogP contribution is -2.27. The molecule has 2 N–H and O–H groups in total. The Morgan fingerprint density at radius 1 is 1.09 bits per heavy atom. The predicted octanol–water partition coefficient (Wildman–Crippen LogP) is 4.30. The van der Waals surface area contributed by atoms with Gasteiger partial charge in [-0.1, -0.05) is 23.7 Å². The Balaban J connectivity index is 1.97. The largest absolute Gasteiger partial charge is 0.370 e. The highest BCUT2D eigenvalue weighted by atomic mass is 35.5. The molecule has 0 amide bonds. The van der Waals surface area contributed by atoms with Crippen LogP contribution in [0.1, 0.15) is 32.2 Å². The van der Waals surface area contributed by atoms with Gasteiger partial charge in [-0.15, -0.1) is 0 Å². The summed E-state index contributed by atoms with van der Waals surface area (Å²) in [5.41, 5.74) is 1.18. The van der Waals surface area contributed by atoms with Gasteiger partial charge in [0, 0.05) is 23.2 Å². The van der Waals surface area contributed by atoms with Gasteiger partial charge in [0.15, 0.2) is 0 Å². The van der Waals surface area contributed by atoms with Gasteiger partial charge in [-0.25, -0.2) is 9.97 Å². The Morgan fingerprint density at radius 2 is 1.82 bits per heavy atom. The van der Waals surface area contributed by atoms with Crippen molar-refractivity contribution in [1.82, 2.24) is 9.97 Å². The molecule has 2 rings (SSSR count). The molecule has 0 unspecified atom stereocenters. The van der Waals surface area contributed by atoms with Crippen LogP contribution in [0.4, 0.5) is 11.6 Å². The van der Waals surface area contributed by atoms with E-state index in [1.807, 2.05) is 31.2 Å². The normalized spacial score (nSPS) is 11.3. The number of hydrogen-bond donors (Lipinski definition) is 2. The van der Waals surface area contributed by atoms with Crippen molar-refractivity contribution in [2.24, 2.45) is 0 Å². The van der Waals surface area contributed by atoms with Crippen LogP contribution in [0.2, 0.25) is 5.02 Å². The first-order chi connectivity index (χ1) is 10.3. The monoisotopic (exact) mass is 318 g/mol. The third-order valence-electron chi connectivity index (χ3n) is 2.95. The van der Waals surface area contributed by atoms with E-state index in [1.165, 1.54) is 5.56 Å². The molecule has 0 saturated carbocycles. The summed E-state index contributed by atoms with van der Waals surface area (Å²) >= 11 is 5.99. The average Bonchev–Trinajstić information content (AvgIpc) is 2.36. The zero-order valence-corrected chi connectivity index (χ0v) is 14.3. The Kier molecular flexibility index (Phi) is 5.24. The number of hydrogen-bond acceptors (Lipinski definition) is 4. The molecule has 0 saturated heterocycles. The Morgan fingerprint density at radius 3 is 2.50 bits per heavy atom. The molecule has 118 valence electrons. The summed E-state index contributed by atoms with van der Waals surface area (Å²) in [5, 5.41) is 7.49. The second-order valence-corrected chi connectivity index (χ2v) is 6.80. The molecule has 0 atom stereocenters. The zero-order chi connectivity index (χ0) is 16.2. The number of aromatic nitrogens is 2. The molecule has 0 aliphatic carbocycles. The molecule has 2 aromatic rings. The number of benzene rings is 1. The smallest absolute Gasteiger partial charge is 0.132 e. The topological polar surface area (TPSA) is 49.8 Å². The number of nitrogens with zero attached hydrogens (tertiary/aromatic N) is 2. The summed E-state index contributed by atoms with van der Waals surface area (Å²) in [7, 11) is 0. The minimum atomic E-state index is -0.0289. The number of halogens is 1. The SMILES string of the molecule is Cc1nc(NCCc2cccc(Cl)c2)cc(NC(C)(C)C)n1. The third-order valence-corrected chi connectivity index (χ3v) is 3.18. The van der Waals surface area contributed by atoms with Crippen molar-refractivity contribution in [3.05, 3.63) is 46.7 Å². The van der Waals surface area contributed by atoms with Gasteiger partial charge in [-0.05, 0) is 51.8 Å². The molecule has 0 spiro atoms. The maximum absolute atomic E-state index is 5.99. The van der Waals surface area contributed by atoms with Crippen molar-refractivity contribution < 1.29 is 0 Å². The molecular weight excluding hydrogens is 296 g/mol. The Bertz CT molecular complexity index is 635. The molecule has 1 heterocycles. The molecule has 0 bridgehead atoms. The fourth-order valence-electron chi connectivity index (χ4n) is 2.13. The van der Waals surface area contributed by atoms with Crippen molar-refractivity contribution in [1.29, 1.82) is 0 Å². The van der Waals surface area contributed by atoms with Crippen molar-refractivity contribution in [2.45, 2.75) is 39.7 Å². The zero-order valence-electron chi connectivity index (χ0n) is 13.6. The van der Waals surface area contributed by atoms with E-state index in [-0.39, 0.29) is 5.54 Å². The van der Waals surface area contributed by atoms with Crippen molar-refractivity contribution in [3.8, 4) is 0 Å². The summed E-state index contributed by atoms with van der Waals surface area (Å²) in [4.78, 5) is 8.84. The van der Waals surface area contributed by atoms with Gasteiger partial charge >= 0.3 is 0 Å². The lowest BCUT2D eigenvalue weighted by atomic mass is 10.1. The summed E-state index contributed by atoms with van der Waals surface area (Å²) < 4.78 is 0. The maximum atomic E-state index is 5.99. The minimum Gasteiger partial charge on any atom is -0.370 e. The Labute approximate surface area is 137 Å². The summed E-state index contributed by atoms with van der Waals surface area (Å²) in [6, 6.07) is 9.86. The van der Waals surface area contributed by atoms with E-state index >= 15 is 0 Å². The van der Waals surface area contributed by atoms with Gasteiger partial charge in [-0.2, -0.15) is 0 Å². The number of aryl methyl sites for hydroxylation is 1. The first-order valence-corrected chi connectivity index (χ1v) is 7.82. The van der Waals surface area contributed by atoms with Gasteiger partial charge in [0.1, 0.15) is 17.5 Å². The third kappa shape index (κ3) is 5.53. The molecule has 1 aromatic carbocycles. The number of rotatable bonds is 5. The summed E-state index contributed by atoms with van der Waals surface area (Å²) in [6.45, 7) is 9.02. The number of nitrogens with one attached hydrogen (secondary N) is 2. The van der Waals surface area contributed by atoms with Crippen LogP contribution in [0.5, 0.6) is 0 Å². The standard InChI is InChI=1S/C17H23ClN4/c1-12-20-15(11-16(21-12)22-17(2,3)4)19-9-8-13-6-5-7-14(18)10-13/h5-7,10-11H,8-9H2,1-4H3,(H2,19,20,21,22). The number of anilines is 2. The van der Waals surface area contributed by atoms with Crippen LogP contribution in [-0.4, -0.2) is 22.1 Å². The van der Waals surface area contributed by atoms with Crippen LogP contribution in [0.25, 0.3) is 0 Å². The van der Waals surface area contributed by atoms with Crippen molar-refractivity contribution in [2.75, 3.05) is 17.2 Å². The second-order valence-electron chi connectivity index (χ2n) is 6.37. The molecule has 22 heavy (non-hydrogen) atoms. The van der Waals surface area contributed by atoms with Crippen LogP contribution in [-0.2, 0) is 6.42 Å². The summed E-state index contributed by atoms with van der Waals surface area (Å²) in [6.07, 6.45) is 0.894. The maximum Gasteiger partial charge on any atom is 0.132 e. The van der Waals surface area contributed by atoms with Crippen molar-refractivity contribution >= 4 is 23.2 Å². The first-order valence-electron chi connectivity index (χ1n) is 7.44. The van der Waals surface area contributed by atoms with Crippen LogP contribution in [0.15, 0.2) is 30.3 Å². The van der Waals surface area contributed by atoms with E-state index in [2.05, 4.69) is 47.4 Å². The van der Waals surface area contributed by atoms with E-state index in [4.69, 9.17) is 11.6 Å². The van der Waals surface area contributed by atoms with Gasteiger partial charge < -0.3 is 10.6 Å². The highest BCUT2D eigenvalue weighted by molar-refractivity contribution is 6.30. The molecule has 5 heteroatoms. The molecule has 0 fully saturated rings. The van der Waals surface area contributed by atoms with Crippen LogP contribution < -0.4 is 10.6 Å². The van der Waals surface area contributed by atoms with E-state index in [1.54, 1.807) is 0 Å². The summed E-state index contributed by atoms with van der Waals surface area (Å²) in [5.74, 6) is 2.42. The molecule has 0 aliphatic rings. The average molecular weight is 319 g/mol. The van der Waals surface area contributed by atoms with E-state index in [9.17, 15) is 0 Å². The molecule has 0 radical (unpaired) electrons. The van der Waals surface area contributed by atoms with Gasteiger partial charge in [0.2, 0.25) is 0 Å². The lowest BCUT2D eigenvalue weighted by molar-refractivity contribution is 0.629. The minimum absolute atomic E-state index is 0.0289. The Hall–Kier alpha value is -1.81. The van der Waals surface area contributed by atoms with Crippen molar-refractivity contribution in [3.63, 3.8) is 0 Å². The van der Waals surface area contributed by atoms with Gasteiger partial charge in [0.05, 0.1) is 0 Å². The lowest BCUT2D eigenvalue weighted by Gasteiger charge is -2.21. The van der Waals surface area contributed by atoms with Gasteiger partial charge in [-0.3, -0.25) is 0 Å². The fraction of sp³-hybridized carbons (Fsp3) is 0.412. The first kappa shape index (κ1) is 16.6. The fourth-order valence-corrected chi connectivity index (χ4v) is 2.35. The quantitative estimate of drug-likeness (QED) is 0.862. The molecule has 1 aromatic heterocycles. The van der Waals surface area contributed by atoms with Crippen LogP contribution in [0.3, 0.4) is 0 Å². The van der Waals surface area contributed by atoms with Crippen LogP contribution in [0, 0.1) is 6.92 Å². The predicted molar refractivity (Wildman–Crippen MR) is 93.8 cm³/mol. The highest BCUT2D eigenvalue weighted by Gasteiger charge is 2.11. The van der Waals surface area contributed by atoms with Gasteiger partial charge in [0.25, 0.3) is 0 Å². The highest BCUT2D eigenvalue weighted by Crippen LogP contribution is 2.16. The molecular formula is C17H23ClN4. The molecule has 4 nitrogen and oxygen atoms in total.